The van der Waals surface area contributed by atoms with Crippen molar-refractivity contribution in [2.45, 2.75) is 37.5 Å². The van der Waals surface area contributed by atoms with Crippen LogP contribution in [-0.2, 0) is 10.2 Å². The third-order valence-corrected chi connectivity index (χ3v) is 5.57. The second-order valence-electron chi connectivity index (χ2n) is 7.20. The molecule has 23 heavy (non-hydrogen) atoms. The van der Waals surface area contributed by atoms with Crippen molar-refractivity contribution in [1.82, 2.24) is 10.2 Å². The Bertz CT molecular complexity index is 511. The van der Waals surface area contributed by atoms with Crippen molar-refractivity contribution in [3.63, 3.8) is 0 Å². The average Bonchev–Trinajstić information content (AvgIpc) is 3.24. The van der Waals surface area contributed by atoms with Gasteiger partial charge in [-0.15, -0.1) is 0 Å². The smallest absolute Gasteiger partial charge is 0.234 e. The maximum absolute atomic E-state index is 12.3. The van der Waals surface area contributed by atoms with Crippen LogP contribution in [0, 0.1) is 5.92 Å². The van der Waals surface area contributed by atoms with E-state index in [9.17, 15) is 9.90 Å². The number of aliphatic hydroxyl groups is 1. The molecule has 0 radical (unpaired) electrons. The van der Waals surface area contributed by atoms with Crippen LogP contribution in [-0.4, -0.2) is 48.7 Å². The fourth-order valence-electron chi connectivity index (χ4n) is 4.14. The molecule has 2 N–H and O–H groups in total. The van der Waals surface area contributed by atoms with E-state index < -0.39 is 0 Å². The van der Waals surface area contributed by atoms with E-state index in [-0.39, 0.29) is 17.9 Å². The van der Waals surface area contributed by atoms with Crippen LogP contribution in [0.15, 0.2) is 30.3 Å². The van der Waals surface area contributed by atoms with Crippen LogP contribution in [0.4, 0.5) is 0 Å². The van der Waals surface area contributed by atoms with Crippen LogP contribution in [0.2, 0.25) is 0 Å². The van der Waals surface area contributed by atoms with E-state index in [0.717, 1.165) is 38.9 Å². The average molecular weight is 316 g/mol. The lowest BCUT2D eigenvalue weighted by Gasteiger charge is -2.30. The molecule has 1 amide bonds. The molecule has 1 aromatic carbocycles. The molecular weight excluding hydrogens is 288 g/mol. The number of likely N-dealkylation sites (tertiary alicyclic amines) is 1. The number of carbonyl (C=O) groups is 1. The summed E-state index contributed by atoms with van der Waals surface area (Å²) in [4.78, 5) is 14.5. The Morgan fingerprint density at radius 1 is 1.26 bits per heavy atom. The second kappa shape index (κ2) is 7.45. The number of carbonyl (C=O) groups excluding carboxylic acids is 1. The maximum atomic E-state index is 12.3. The standard InChI is InChI=1S/C19H28N2O2/c22-14-16-8-11-21(12-16)13-18(23)20-15-19(9-4-5-10-19)17-6-2-1-3-7-17/h1-3,6-7,16,22H,4-5,8-15H2,(H,20,23). The third kappa shape index (κ3) is 3.93. The zero-order chi connectivity index (χ0) is 16.1. The largest absolute Gasteiger partial charge is 0.396 e. The number of nitrogens with one attached hydrogen (secondary N) is 1. The number of nitrogens with zero attached hydrogens (tertiary/aromatic N) is 1. The van der Waals surface area contributed by atoms with Gasteiger partial charge in [-0.1, -0.05) is 43.2 Å². The monoisotopic (exact) mass is 316 g/mol. The molecule has 0 bridgehead atoms. The second-order valence-corrected chi connectivity index (χ2v) is 7.20. The Morgan fingerprint density at radius 3 is 2.65 bits per heavy atom. The predicted molar refractivity (Wildman–Crippen MR) is 91.2 cm³/mol. The lowest BCUT2D eigenvalue weighted by molar-refractivity contribution is -0.122. The molecule has 1 saturated carbocycles. The maximum Gasteiger partial charge on any atom is 0.234 e. The summed E-state index contributed by atoms with van der Waals surface area (Å²) in [6.07, 6.45) is 5.81. The van der Waals surface area contributed by atoms with E-state index in [1.165, 1.54) is 18.4 Å². The summed E-state index contributed by atoms with van der Waals surface area (Å²) in [5, 5.41) is 12.4. The van der Waals surface area contributed by atoms with Gasteiger partial charge in [-0.3, -0.25) is 9.69 Å². The Kier molecular flexibility index (Phi) is 5.34. The Hall–Kier alpha value is -1.39. The van der Waals surface area contributed by atoms with Crippen LogP contribution < -0.4 is 5.32 Å². The van der Waals surface area contributed by atoms with Crippen molar-refractivity contribution in [2.24, 2.45) is 5.92 Å². The molecule has 4 heteroatoms. The molecule has 126 valence electrons. The number of hydrogen-bond donors (Lipinski definition) is 2. The summed E-state index contributed by atoms with van der Waals surface area (Å²) in [5.41, 5.74) is 1.48. The van der Waals surface area contributed by atoms with Gasteiger partial charge in [-0.25, -0.2) is 0 Å². The van der Waals surface area contributed by atoms with E-state index >= 15 is 0 Å². The van der Waals surface area contributed by atoms with Gasteiger partial charge < -0.3 is 10.4 Å². The van der Waals surface area contributed by atoms with E-state index in [2.05, 4.69) is 40.5 Å². The van der Waals surface area contributed by atoms with Crippen LogP contribution in [0.1, 0.15) is 37.7 Å². The van der Waals surface area contributed by atoms with Gasteiger partial charge in [0.15, 0.2) is 0 Å². The first-order chi connectivity index (χ1) is 11.2. The molecule has 1 heterocycles. The van der Waals surface area contributed by atoms with E-state index in [0.29, 0.717) is 12.5 Å². The van der Waals surface area contributed by atoms with Crippen molar-refractivity contribution < 1.29 is 9.90 Å². The Labute approximate surface area is 138 Å². The lowest BCUT2D eigenvalue weighted by atomic mass is 9.79. The van der Waals surface area contributed by atoms with E-state index in [4.69, 9.17) is 0 Å². The topological polar surface area (TPSA) is 52.6 Å². The van der Waals surface area contributed by atoms with Gasteiger partial charge in [0.1, 0.15) is 0 Å². The number of benzene rings is 1. The predicted octanol–water partition coefficient (Wildman–Crippen LogP) is 1.93. The molecule has 2 aliphatic rings. The van der Waals surface area contributed by atoms with Crippen LogP contribution in [0.5, 0.6) is 0 Å². The first-order valence-electron chi connectivity index (χ1n) is 8.87. The molecular formula is C19H28N2O2. The highest BCUT2D eigenvalue weighted by Gasteiger charge is 2.36. The van der Waals surface area contributed by atoms with Gasteiger partial charge in [-0.2, -0.15) is 0 Å². The quantitative estimate of drug-likeness (QED) is 0.843. The van der Waals surface area contributed by atoms with Gasteiger partial charge in [0.05, 0.1) is 6.54 Å². The van der Waals surface area contributed by atoms with Crippen molar-refractivity contribution in [3.8, 4) is 0 Å². The summed E-state index contributed by atoms with van der Waals surface area (Å²) < 4.78 is 0. The summed E-state index contributed by atoms with van der Waals surface area (Å²) >= 11 is 0. The van der Waals surface area contributed by atoms with Crippen molar-refractivity contribution in [2.75, 3.05) is 32.8 Å². The summed E-state index contributed by atoms with van der Waals surface area (Å²) in [7, 11) is 0. The molecule has 1 aliphatic heterocycles. The van der Waals surface area contributed by atoms with Crippen molar-refractivity contribution in [3.05, 3.63) is 35.9 Å². The molecule has 1 unspecified atom stereocenters. The summed E-state index contributed by atoms with van der Waals surface area (Å²) in [5.74, 6) is 0.457. The molecule has 1 saturated heterocycles. The van der Waals surface area contributed by atoms with Crippen molar-refractivity contribution in [1.29, 1.82) is 0 Å². The molecule has 0 aromatic heterocycles. The molecule has 4 nitrogen and oxygen atoms in total. The molecule has 2 fully saturated rings. The van der Waals surface area contributed by atoms with E-state index in [1.54, 1.807) is 0 Å². The lowest BCUT2D eigenvalue weighted by Crippen LogP contribution is -2.43. The molecule has 1 atom stereocenters. The minimum Gasteiger partial charge on any atom is -0.396 e. The molecule has 1 aromatic rings. The summed E-state index contributed by atoms with van der Waals surface area (Å²) in [6, 6.07) is 10.6. The fraction of sp³-hybridized carbons (Fsp3) is 0.632. The van der Waals surface area contributed by atoms with E-state index in [1.807, 2.05) is 0 Å². The fourth-order valence-corrected chi connectivity index (χ4v) is 4.14. The molecule has 0 spiro atoms. The number of rotatable bonds is 6. The van der Waals surface area contributed by atoms with Gasteiger partial charge in [0, 0.05) is 25.1 Å². The SMILES string of the molecule is O=C(CN1CCC(CO)C1)NCC1(c2ccccc2)CCCC1. The van der Waals surface area contributed by atoms with Gasteiger partial charge in [0.25, 0.3) is 0 Å². The summed E-state index contributed by atoms with van der Waals surface area (Å²) in [6.45, 7) is 3.19. The number of hydrogen-bond acceptors (Lipinski definition) is 3. The van der Waals surface area contributed by atoms with Gasteiger partial charge >= 0.3 is 0 Å². The van der Waals surface area contributed by atoms with Crippen LogP contribution in [0.25, 0.3) is 0 Å². The minimum atomic E-state index is 0.116. The highest BCUT2D eigenvalue weighted by Crippen LogP contribution is 2.40. The first-order valence-corrected chi connectivity index (χ1v) is 8.87. The third-order valence-electron chi connectivity index (χ3n) is 5.57. The normalized spacial score (nSPS) is 24.0. The Morgan fingerprint density at radius 2 is 2.00 bits per heavy atom. The van der Waals surface area contributed by atoms with Crippen LogP contribution >= 0.6 is 0 Å². The number of aliphatic hydroxyl groups excluding tert-OH is 1. The first kappa shape index (κ1) is 16.5. The number of amides is 1. The van der Waals surface area contributed by atoms with Gasteiger partial charge in [0.2, 0.25) is 5.91 Å². The molecule has 3 rings (SSSR count). The highest BCUT2D eigenvalue weighted by molar-refractivity contribution is 5.78. The zero-order valence-corrected chi connectivity index (χ0v) is 13.8. The Balaban J connectivity index is 1.54. The van der Waals surface area contributed by atoms with Gasteiger partial charge in [-0.05, 0) is 37.3 Å². The molecule has 1 aliphatic carbocycles. The van der Waals surface area contributed by atoms with Crippen molar-refractivity contribution >= 4 is 5.91 Å². The highest BCUT2D eigenvalue weighted by atomic mass is 16.3. The minimum absolute atomic E-state index is 0.116. The zero-order valence-electron chi connectivity index (χ0n) is 13.8. The van der Waals surface area contributed by atoms with Crippen LogP contribution in [0.3, 0.4) is 0 Å².